The van der Waals surface area contributed by atoms with Crippen molar-refractivity contribution in [2.75, 3.05) is 19.1 Å². The smallest absolute Gasteiger partial charge is 0.328 e. The predicted molar refractivity (Wildman–Crippen MR) is 54.3 cm³/mol. The molecule has 0 saturated heterocycles. The first-order chi connectivity index (χ1) is 7.15. The maximum atomic E-state index is 13.5. The molecule has 0 saturated carbocycles. The van der Waals surface area contributed by atoms with Crippen LogP contribution in [0, 0.1) is 5.82 Å². The summed E-state index contributed by atoms with van der Waals surface area (Å²) < 4.78 is 18.2. The Morgan fingerprint density at radius 1 is 1.60 bits per heavy atom. The normalized spacial score (nSPS) is 18.9. The molecule has 80 valence electrons. The van der Waals surface area contributed by atoms with Crippen LogP contribution in [0.4, 0.5) is 10.1 Å². The molecule has 0 fully saturated rings. The third-order valence-electron chi connectivity index (χ3n) is 2.78. The standard InChI is InChI=1S/C11H12FNO2/c1-13-9(11(14)15-2)6-7-4-3-5-8(12)10(7)13/h3-5,9H,6H2,1-2H3. The summed E-state index contributed by atoms with van der Waals surface area (Å²) in [6.45, 7) is 0. The molecule has 0 spiro atoms. The Bertz CT molecular complexity index is 406. The van der Waals surface area contributed by atoms with Crippen molar-refractivity contribution in [1.29, 1.82) is 0 Å². The van der Waals surface area contributed by atoms with Gasteiger partial charge in [-0.3, -0.25) is 0 Å². The molecule has 0 aromatic heterocycles. The highest BCUT2D eigenvalue weighted by Gasteiger charge is 2.34. The SMILES string of the molecule is COC(=O)C1Cc2cccc(F)c2N1C. The molecule has 0 N–H and O–H groups in total. The van der Waals surface area contributed by atoms with Gasteiger partial charge in [-0.25, -0.2) is 9.18 Å². The van der Waals surface area contributed by atoms with Crippen LogP contribution in [-0.2, 0) is 16.0 Å². The molecule has 1 aromatic rings. The molecule has 1 aliphatic rings. The largest absolute Gasteiger partial charge is 0.467 e. The molecule has 0 amide bonds. The van der Waals surface area contributed by atoms with Crippen molar-refractivity contribution in [1.82, 2.24) is 0 Å². The molecule has 15 heavy (non-hydrogen) atoms. The van der Waals surface area contributed by atoms with Gasteiger partial charge >= 0.3 is 5.97 Å². The van der Waals surface area contributed by atoms with Gasteiger partial charge in [0.15, 0.2) is 0 Å². The van der Waals surface area contributed by atoms with E-state index in [1.165, 1.54) is 13.2 Å². The lowest BCUT2D eigenvalue weighted by molar-refractivity contribution is -0.141. The number of likely N-dealkylation sites (N-methyl/N-ethyl adjacent to an activating group) is 1. The lowest BCUT2D eigenvalue weighted by Gasteiger charge is -2.20. The lowest BCUT2D eigenvalue weighted by atomic mass is 10.1. The zero-order chi connectivity index (χ0) is 11.0. The number of benzene rings is 1. The minimum atomic E-state index is -0.401. The molecule has 1 aromatic carbocycles. The monoisotopic (exact) mass is 209 g/mol. The number of methoxy groups -OCH3 is 1. The highest BCUT2D eigenvalue weighted by molar-refractivity contribution is 5.83. The molecule has 2 rings (SSSR count). The van der Waals surface area contributed by atoms with E-state index in [9.17, 15) is 9.18 Å². The number of halogens is 1. The quantitative estimate of drug-likeness (QED) is 0.654. The zero-order valence-electron chi connectivity index (χ0n) is 8.66. The van der Waals surface area contributed by atoms with Crippen molar-refractivity contribution in [3.8, 4) is 0 Å². The van der Waals surface area contributed by atoms with Gasteiger partial charge in [0.25, 0.3) is 0 Å². The number of ether oxygens (including phenoxy) is 1. The lowest BCUT2D eigenvalue weighted by Crippen LogP contribution is -2.36. The van der Waals surface area contributed by atoms with Crippen LogP contribution >= 0.6 is 0 Å². The Labute approximate surface area is 87.5 Å². The van der Waals surface area contributed by atoms with Gasteiger partial charge in [0.05, 0.1) is 12.8 Å². The first-order valence-corrected chi connectivity index (χ1v) is 4.73. The number of nitrogens with zero attached hydrogens (tertiary/aromatic N) is 1. The van der Waals surface area contributed by atoms with Crippen molar-refractivity contribution < 1.29 is 13.9 Å². The van der Waals surface area contributed by atoms with E-state index in [1.807, 2.05) is 6.07 Å². The van der Waals surface area contributed by atoms with Gasteiger partial charge in [0, 0.05) is 13.5 Å². The summed E-state index contributed by atoms with van der Waals surface area (Å²) in [5, 5.41) is 0. The molecule has 0 radical (unpaired) electrons. The third kappa shape index (κ3) is 1.46. The van der Waals surface area contributed by atoms with Crippen LogP contribution in [0.5, 0.6) is 0 Å². The molecular weight excluding hydrogens is 197 g/mol. The van der Waals surface area contributed by atoms with Crippen molar-refractivity contribution in [2.24, 2.45) is 0 Å². The van der Waals surface area contributed by atoms with Gasteiger partial charge in [-0.15, -0.1) is 0 Å². The number of carbonyl (C=O) groups excluding carboxylic acids is 1. The number of carbonyl (C=O) groups is 1. The van der Waals surface area contributed by atoms with E-state index in [-0.39, 0.29) is 11.8 Å². The second-order valence-electron chi connectivity index (χ2n) is 3.60. The van der Waals surface area contributed by atoms with E-state index in [0.29, 0.717) is 12.1 Å². The van der Waals surface area contributed by atoms with Gasteiger partial charge in [-0.05, 0) is 11.6 Å². The van der Waals surface area contributed by atoms with Gasteiger partial charge in [0.2, 0.25) is 0 Å². The Morgan fingerprint density at radius 3 is 2.93 bits per heavy atom. The number of hydrogen-bond acceptors (Lipinski definition) is 3. The summed E-state index contributed by atoms with van der Waals surface area (Å²) in [5.41, 5.74) is 1.36. The molecule has 1 unspecified atom stereocenters. The minimum Gasteiger partial charge on any atom is -0.467 e. The summed E-state index contributed by atoms with van der Waals surface area (Å²) >= 11 is 0. The molecule has 0 bridgehead atoms. The average molecular weight is 209 g/mol. The van der Waals surface area contributed by atoms with Crippen LogP contribution in [0.3, 0.4) is 0 Å². The fourth-order valence-corrected chi connectivity index (χ4v) is 2.00. The van der Waals surface area contributed by atoms with Gasteiger partial charge in [0.1, 0.15) is 11.9 Å². The second-order valence-corrected chi connectivity index (χ2v) is 3.60. The first kappa shape index (κ1) is 9.96. The van der Waals surface area contributed by atoms with Crippen LogP contribution in [0.15, 0.2) is 18.2 Å². The van der Waals surface area contributed by atoms with Crippen molar-refractivity contribution in [3.05, 3.63) is 29.6 Å². The van der Waals surface area contributed by atoms with E-state index < -0.39 is 6.04 Å². The molecule has 1 aliphatic heterocycles. The number of hydrogen-bond donors (Lipinski definition) is 0. The summed E-state index contributed by atoms with van der Waals surface area (Å²) in [7, 11) is 3.05. The Kier molecular flexibility index (Phi) is 2.34. The van der Waals surface area contributed by atoms with Crippen LogP contribution in [-0.4, -0.2) is 26.2 Å². The maximum Gasteiger partial charge on any atom is 0.328 e. The van der Waals surface area contributed by atoms with E-state index in [0.717, 1.165) is 5.56 Å². The summed E-state index contributed by atoms with van der Waals surface area (Å²) in [5.74, 6) is -0.616. The number of esters is 1. The molecule has 3 nitrogen and oxygen atoms in total. The molecule has 4 heteroatoms. The van der Waals surface area contributed by atoms with Crippen LogP contribution in [0.1, 0.15) is 5.56 Å². The van der Waals surface area contributed by atoms with Gasteiger partial charge in [-0.1, -0.05) is 12.1 Å². The number of anilines is 1. The Morgan fingerprint density at radius 2 is 2.33 bits per heavy atom. The van der Waals surface area contributed by atoms with Crippen molar-refractivity contribution >= 4 is 11.7 Å². The highest BCUT2D eigenvalue weighted by Crippen LogP contribution is 2.33. The average Bonchev–Trinajstić information content (AvgIpc) is 2.56. The minimum absolute atomic E-state index is 0.290. The second kappa shape index (κ2) is 3.53. The van der Waals surface area contributed by atoms with E-state index in [4.69, 9.17) is 0 Å². The fraction of sp³-hybridized carbons (Fsp3) is 0.364. The molecule has 1 heterocycles. The van der Waals surface area contributed by atoms with Gasteiger partial charge in [-0.2, -0.15) is 0 Å². The Hall–Kier alpha value is -1.58. The number of rotatable bonds is 1. The van der Waals surface area contributed by atoms with Gasteiger partial charge < -0.3 is 9.64 Å². The highest BCUT2D eigenvalue weighted by atomic mass is 19.1. The maximum absolute atomic E-state index is 13.5. The van der Waals surface area contributed by atoms with Crippen LogP contribution in [0.25, 0.3) is 0 Å². The summed E-state index contributed by atoms with van der Waals surface area (Å²) in [6.07, 6.45) is 0.510. The zero-order valence-corrected chi connectivity index (χ0v) is 8.66. The molecule has 1 atom stereocenters. The molecular formula is C11H12FNO2. The third-order valence-corrected chi connectivity index (χ3v) is 2.78. The predicted octanol–water partition coefficient (Wildman–Crippen LogP) is 1.36. The van der Waals surface area contributed by atoms with Crippen molar-refractivity contribution in [2.45, 2.75) is 12.5 Å². The topological polar surface area (TPSA) is 29.5 Å². The molecule has 0 aliphatic carbocycles. The fourth-order valence-electron chi connectivity index (χ4n) is 2.00. The first-order valence-electron chi connectivity index (χ1n) is 4.73. The Balaban J connectivity index is 2.37. The van der Waals surface area contributed by atoms with E-state index in [1.54, 1.807) is 18.0 Å². The summed E-state index contributed by atoms with van der Waals surface area (Å²) in [6, 6.07) is 4.48. The number of fused-ring (bicyclic) bond motifs is 1. The van der Waals surface area contributed by atoms with Crippen LogP contribution < -0.4 is 4.90 Å². The summed E-state index contributed by atoms with van der Waals surface area (Å²) in [4.78, 5) is 13.1. The number of para-hydroxylation sites is 1. The van der Waals surface area contributed by atoms with E-state index >= 15 is 0 Å². The van der Waals surface area contributed by atoms with Crippen molar-refractivity contribution in [3.63, 3.8) is 0 Å². The van der Waals surface area contributed by atoms with E-state index in [2.05, 4.69) is 4.74 Å². The van der Waals surface area contributed by atoms with Crippen LogP contribution in [0.2, 0.25) is 0 Å².